The zero-order valence-corrected chi connectivity index (χ0v) is 18.2. The van der Waals surface area contributed by atoms with E-state index < -0.39 is 11.9 Å². The van der Waals surface area contributed by atoms with Crippen LogP contribution in [0.2, 0.25) is 10.0 Å². The summed E-state index contributed by atoms with van der Waals surface area (Å²) in [7, 11) is 0. The molecular weight excluding hydrogens is 443 g/mol. The van der Waals surface area contributed by atoms with Crippen molar-refractivity contribution in [1.82, 2.24) is 4.98 Å². The lowest BCUT2D eigenvalue weighted by atomic mass is 9.99. The fraction of sp³-hybridized carbons (Fsp3) is 0.136. The van der Waals surface area contributed by atoms with Crippen LogP contribution in [0.1, 0.15) is 38.3 Å². The third-order valence-electron chi connectivity index (χ3n) is 5.26. The highest BCUT2D eigenvalue weighted by molar-refractivity contribution is 7.15. The van der Waals surface area contributed by atoms with Gasteiger partial charge in [-0.2, -0.15) is 0 Å². The van der Waals surface area contributed by atoms with Gasteiger partial charge in [-0.3, -0.25) is 14.5 Å². The molecule has 8 heteroatoms. The van der Waals surface area contributed by atoms with Gasteiger partial charge in [-0.1, -0.05) is 41.4 Å². The van der Waals surface area contributed by atoms with E-state index in [1.807, 2.05) is 13.8 Å². The average Bonchev–Trinajstić information content (AvgIpc) is 3.21. The number of aryl methyl sites for hydroxylation is 2. The fourth-order valence-electron chi connectivity index (χ4n) is 3.67. The summed E-state index contributed by atoms with van der Waals surface area (Å²) in [6.07, 6.45) is 0. The number of rotatable bonds is 2. The summed E-state index contributed by atoms with van der Waals surface area (Å²) in [6, 6.07) is 11.3. The summed E-state index contributed by atoms with van der Waals surface area (Å²) < 4.78 is 5.92. The van der Waals surface area contributed by atoms with Crippen molar-refractivity contribution in [2.45, 2.75) is 19.9 Å². The van der Waals surface area contributed by atoms with Crippen molar-refractivity contribution in [3.63, 3.8) is 0 Å². The van der Waals surface area contributed by atoms with E-state index in [1.54, 1.807) is 42.5 Å². The SMILES string of the molecule is Cc1nc(N2C(=O)c3oc4ccccc4c(=O)c3[C@H]2c2ccc(Cl)c(Cl)c2)sc1C. The van der Waals surface area contributed by atoms with E-state index in [9.17, 15) is 9.59 Å². The molecule has 3 heterocycles. The molecule has 2 aromatic carbocycles. The van der Waals surface area contributed by atoms with Crippen LogP contribution in [0.15, 0.2) is 51.7 Å². The van der Waals surface area contributed by atoms with Crippen LogP contribution in [-0.4, -0.2) is 10.9 Å². The van der Waals surface area contributed by atoms with Crippen LogP contribution in [0.4, 0.5) is 5.13 Å². The van der Waals surface area contributed by atoms with Gasteiger partial charge < -0.3 is 4.42 Å². The van der Waals surface area contributed by atoms with Crippen LogP contribution in [0.25, 0.3) is 11.0 Å². The third kappa shape index (κ3) is 2.79. The molecule has 0 saturated carbocycles. The van der Waals surface area contributed by atoms with Gasteiger partial charge in [0.05, 0.1) is 32.7 Å². The minimum atomic E-state index is -0.715. The monoisotopic (exact) mass is 456 g/mol. The van der Waals surface area contributed by atoms with E-state index in [1.165, 1.54) is 16.2 Å². The third-order valence-corrected chi connectivity index (χ3v) is 7.07. The quantitative estimate of drug-likeness (QED) is 0.375. The van der Waals surface area contributed by atoms with Crippen LogP contribution in [0.5, 0.6) is 0 Å². The first-order valence-corrected chi connectivity index (χ1v) is 10.7. The van der Waals surface area contributed by atoms with E-state index in [0.717, 1.165) is 10.6 Å². The Morgan fingerprint density at radius 3 is 2.53 bits per heavy atom. The highest BCUT2D eigenvalue weighted by atomic mass is 35.5. The minimum Gasteiger partial charge on any atom is -0.450 e. The van der Waals surface area contributed by atoms with Crippen molar-refractivity contribution < 1.29 is 9.21 Å². The molecule has 1 aliphatic rings. The zero-order chi connectivity index (χ0) is 21.2. The van der Waals surface area contributed by atoms with Gasteiger partial charge >= 0.3 is 0 Å². The molecule has 1 atom stereocenters. The maximum atomic E-state index is 13.5. The molecule has 1 aliphatic heterocycles. The molecule has 0 aliphatic carbocycles. The number of halogens is 2. The highest BCUT2D eigenvalue weighted by Crippen LogP contribution is 2.43. The number of carbonyl (C=O) groups is 1. The molecule has 0 spiro atoms. The van der Waals surface area contributed by atoms with Gasteiger partial charge in [0.1, 0.15) is 5.58 Å². The van der Waals surface area contributed by atoms with Gasteiger partial charge in [0.15, 0.2) is 10.6 Å². The van der Waals surface area contributed by atoms with Crippen LogP contribution in [0.3, 0.4) is 0 Å². The standard InChI is InChI=1S/C22H14Cl2N2O3S/c1-10-11(2)30-22(25-10)26-18(12-7-8-14(23)15(24)9-12)17-19(27)13-5-3-4-6-16(13)29-20(17)21(26)28/h3-9,18H,1-2H3/t18-/m1/s1. The number of fused-ring (bicyclic) bond motifs is 2. The van der Waals surface area contributed by atoms with Crippen LogP contribution >= 0.6 is 34.5 Å². The Bertz CT molecular complexity index is 1390. The number of hydrogen-bond acceptors (Lipinski definition) is 5. The molecule has 4 aromatic rings. The summed E-state index contributed by atoms with van der Waals surface area (Å²) in [4.78, 5) is 34.0. The number of hydrogen-bond donors (Lipinski definition) is 0. The lowest BCUT2D eigenvalue weighted by Gasteiger charge is -2.22. The predicted octanol–water partition coefficient (Wildman–Crippen LogP) is 5.92. The average molecular weight is 457 g/mol. The topological polar surface area (TPSA) is 63.4 Å². The van der Waals surface area contributed by atoms with Crippen LogP contribution in [0, 0.1) is 13.8 Å². The fourth-order valence-corrected chi connectivity index (χ4v) is 4.92. The Balaban J connectivity index is 1.83. The molecule has 0 N–H and O–H groups in total. The van der Waals surface area contributed by atoms with Crippen molar-refractivity contribution in [3.05, 3.63) is 90.2 Å². The second-order valence-corrected chi connectivity index (χ2v) is 9.06. The zero-order valence-electron chi connectivity index (χ0n) is 15.9. The van der Waals surface area contributed by atoms with E-state index in [0.29, 0.717) is 31.7 Å². The number of anilines is 1. The van der Waals surface area contributed by atoms with E-state index in [4.69, 9.17) is 27.6 Å². The molecule has 0 fully saturated rings. The lowest BCUT2D eigenvalue weighted by Crippen LogP contribution is -2.29. The predicted molar refractivity (Wildman–Crippen MR) is 119 cm³/mol. The van der Waals surface area contributed by atoms with Gasteiger partial charge in [0, 0.05) is 4.88 Å². The molecule has 2 aromatic heterocycles. The first-order valence-electron chi connectivity index (χ1n) is 9.15. The van der Waals surface area contributed by atoms with Crippen LogP contribution in [-0.2, 0) is 0 Å². The largest absolute Gasteiger partial charge is 0.450 e. The van der Waals surface area contributed by atoms with Crippen molar-refractivity contribution in [2.24, 2.45) is 0 Å². The van der Waals surface area contributed by atoms with Gasteiger partial charge in [0.2, 0.25) is 5.76 Å². The molecule has 150 valence electrons. The molecule has 0 saturated heterocycles. The number of carbonyl (C=O) groups excluding carboxylic acids is 1. The molecule has 5 nitrogen and oxygen atoms in total. The Morgan fingerprint density at radius 1 is 1.07 bits per heavy atom. The molecular formula is C22H14Cl2N2O3S. The van der Waals surface area contributed by atoms with Gasteiger partial charge in [-0.05, 0) is 43.7 Å². The van der Waals surface area contributed by atoms with Crippen LogP contribution < -0.4 is 10.3 Å². The minimum absolute atomic E-state index is 0.0280. The first-order chi connectivity index (χ1) is 14.4. The van der Waals surface area contributed by atoms with Crippen molar-refractivity contribution in [2.75, 3.05) is 4.90 Å². The maximum Gasteiger partial charge on any atom is 0.297 e. The molecule has 5 rings (SSSR count). The lowest BCUT2D eigenvalue weighted by molar-refractivity contribution is 0.0971. The highest BCUT2D eigenvalue weighted by Gasteiger charge is 2.45. The number of nitrogens with zero attached hydrogens (tertiary/aromatic N) is 2. The molecule has 0 unspecified atom stereocenters. The van der Waals surface area contributed by atoms with Crippen molar-refractivity contribution in [1.29, 1.82) is 0 Å². The second-order valence-electron chi connectivity index (χ2n) is 7.06. The molecule has 0 radical (unpaired) electrons. The summed E-state index contributed by atoms with van der Waals surface area (Å²) >= 11 is 13.8. The second kappa shape index (κ2) is 6.94. The Morgan fingerprint density at radius 2 is 1.83 bits per heavy atom. The maximum absolute atomic E-state index is 13.5. The van der Waals surface area contributed by atoms with E-state index in [2.05, 4.69) is 4.98 Å². The number of thiazole rings is 1. The smallest absolute Gasteiger partial charge is 0.297 e. The summed E-state index contributed by atoms with van der Waals surface area (Å²) in [5.74, 6) is -0.377. The molecule has 0 bridgehead atoms. The van der Waals surface area contributed by atoms with E-state index >= 15 is 0 Å². The normalized spacial score (nSPS) is 15.8. The number of amides is 1. The Labute approximate surface area is 185 Å². The summed E-state index contributed by atoms with van der Waals surface area (Å²) in [5, 5.41) is 1.65. The van der Waals surface area contributed by atoms with Crippen molar-refractivity contribution in [3.8, 4) is 0 Å². The summed E-state index contributed by atoms with van der Waals surface area (Å²) in [5.41, 5.74) is 1.89. The number of benzene rings is 2. The Hall–Kier alpha value is -2.67. The van der Waals surface area contributed by atoms with Gasteiger partial charge in [-0.15, -0.1) is 11.3 Å². The van der Waals surface area contributed by atoms with E-state index in [-0.39, 0.29) is 16.8 Å². The molecule has 30 heavy (non-hydrogen) atoms. The van der Waals surface area contributed by atoms with Gasteiger partial charge in [-0.25, -0.2) is 4.98 Å². The number of aromatic nitrogens is 1. The van der Waals surface area contributed by atoms with Gasteiger partial charge in [0.25, 0.3) is 5.91 Å². The molecule has 1 amide bonds. The summed E-state index contributed by atoms with van der Waals surface area (Å²) in [6.45, 7) is 3.82. The Kier molecular flexibility index (Phi) is 4.47. The first kappa shape index (κ1) is 19.3. The number of para-hydroxylation sites is 1. The van der Waals surface area contributed by atoms with Crippen molar-refractivity contribution >= 4 is 56.5 Å².